The number of carboxylic acid groups (broad SMARTS) is 1. The van der Waals surface area contributed by atoms with Gasteiger partial charge in [0.1, 0.15) is 0 Å². The first-order chi connectivity index (χ1) is 11.3. The highest BCUT2D eigenvalue weighted by Gasteiger charge is 2.30. The number of dihydropyridines is 1. The van der Waals surface area contributed by atoms with Crippen molar-refractivity contribution in [2.75, 3.05) is 7.05 Å². The van der Waals surface area contributed by atoms with Gasteiger partial charge in [0.15, 0.2) is 7.05 Å². The van der Waals surface area contributed by atoms with E-state index in [1.807, 2.05) is 51.1 Å². The van der Waals surface area contributed by atoms with Crippen molar-refractivity contribution >= 4 is 43.2 Å². The van der Waals surface area contributed by atoms with Gasteiger partial charge in [-0.3, -0.25) is 10.1 Å². The molecule has 0 unspecified atom stereocenters. The van der Waals surface area contributed by atoms with Crippen LogP contribution < -0.4 is 5.32 Å². The van der Waals surface area contributed by atoms with Gasteiger partial charge >= 0.3 is 5.97 Å². The molecule has 24 heavy (non-hydrogen) atoms. The van der Waals surface area contributed by atoms with Gasteiger partial charge in [-0.25, -0.2) is 4.79 Å². The Labute approximate surface area is 164 Å². The van der Waals surface area contributed by atoms with Gasteiger partial charge in [-0.15, -0.1) is 0 Å². The largest absolute Gasteiger partial charge is 0.478 e. The number of halogens is 2. The molecule has 1 aromatic rings. The van der Waals surface area contributed by atoms with E-state index < -0.39 is 10.9 Å². The summed E-state index contributed by atoms with van der Waals surface area (Å²) in [6, 6.07) is 9.77. The van der Waals surface area contributed by atoms with Crippen LogP contribution in [0.4, 0.5) is 0 Å². The third-order valence-electron chi connectivity index (χ3n) is 3.46. The van der Waals surface area contributed by atoms with E-state index in [9.17, 15) is 9.90 Å². The maximum Gasteiger partial charge on any atom is 0.334 e. The van der Waals surface area contributed by atoms with Crippen molar-refractivity contribution in [2.24, 2.45) is 0 Å². The Hall–Kier alpha value is -1.17. The van der Waals surface area contributed by atoms with Crippen LogP contribution in [0.1, 0.15) is 32.3 Å². The SMILES string of the molecule is CC1=C(C)[C@H](c2ccccc2)C(C(=O)O)=C(C)N1.C[N+](=O)[O-].II. The highest BCUT2D eigenvalue weighted by molar-refractivity contribution is 15.0. The van der Waals surface area contributed by atoms with Gasteiger partial charge in [0.2, 0.25) is 0 Å². The second-order valence-electron chi connectivity index (χ2n) is 5.06. The first-order valence-corrected chi connectivity index (χ1v) is 13.2. The summed E-state index contributed by atoms with van der Waals surface area (Å²) in [5.41, 5.74) is 4.27. The van der Waals surface area contributed by atoms with Gasteiger partial charge in [0.05, 0.1) is 5.57 Å². The average Bonchev–Trinajstić information content (AvgIpc) is 2.52. The van der Waals surface area contributed by atoms with E-state index in [1.165, 1.54) is 0 Å². The Balaban J connectivity index is 0.000000773. The number of aliphatic carboxylic acids is 1. The molecule has 1 aliphatic rings. The van der Waals surface area contributed by atoms with E-state index in [4.69, 9.17) is 10.1 Å². The quantitative estimate of drug-likeness (QED) is 0.313. The molecule has 0 aliphatic carbocycles. The van der Waals surface area contributed by atoms with Gasteiger partial charge in [-0.2, -0.15) is 0 Å². The monoisotopic (exact) mass is 558 g/mol. The third kappa shape index (κ3) is 6.75. The first-order valence-electron chi connectivity index (χ1n) is 6.91. The van der Waals surface area contributed by atoms with Crippen molar-refractivity contribution in [3.63, 3.8) is 0 Å². The lowest BCUT2D eigenvalue weighted by Gasteiger charge is -2.29. The number of allylic oxidation sites excluding steroid dienone is 3. The standard InChI is InChI=1S/C15H17NO2.CH3NO2.I2/c1-9-10(2)16-11(3)14(15(17)18)13(9)12-7-5-4-6-8-12;1-2(3)4;1-2/h4-8,13,16H,1-3H3,(H,17,18);1H3;/t13-;;/m1../s1. The van der Waals surface area contributed by atoms with Crippen LogP contribution >= 0.6 is 37.2 Å². The number of nitrogens with one attached hydrogen (secondary N) is 1. The third-order valence-corrected chi connectivity index (χ3v) is 3.46. The summed E-state index contributed by atoms with van der Waals surface area (Å²) in [4.78, 5) is 19.8. The van der Waals surface area contributed by atoms with Crippen LogP contribution in [0.25, 0.3) is 0 Å². The number of benzene rings is 1. The minimum atomic E-state index is -0.860. The van der Waals surface area contributed by atoms with Crippen molar-refractivity contribution in [1.29, 1.82) is 0 Å². The summed E-state index contributed by atoms with van der Waals surface area (Å²) < 4.78 is 0. The molecule has 0 bridgehead atoms. The summed E-state index contributed by atoms with van der Waals surface area (Å²) in [7, 11) is 0.889. The number of hydrogen-bond acceptors (Lipinski definition) is 4. The molecule has 2 N–H and O–H groups in total. The molecular formula is C16H20I2N2O4. The number of rotatable bonds is 2. The fourth-order valence-corrected chi connectivity index (χ4v) is 2.44. The Morgan fingerprint density at radius 2 is 1.62 bits per heavy atom. The van der Waals surface area contributed by atoms with Crippen LogP contribution in [0.15, 0.2) is 52.9 Å². The minimum absolute atomic E-state index is 0.162. The first kappa shape index (κ1) is 22.8. The number of nitro groups is 1. The fraction of sp³-hybridized carbons (Fsp3) is 0.312. The molecule has 0 spiro atoms. The molecule has 1 aliphatic heterocycles. The summed E-state index contributed by atoms with van der Waals surface area (Å²) in [6.45, 7) is 5.78. The van der Waals surface area contributed by atoms with Gasteiger partial charge in [0, 0.05) is 59.5 Å². The van der Waals surface area contributed by atoms with Gasteiger partial charge < -0.3 is 10.4 Å². The lowest BCUT2D eigenvalue weighted by atomic mass is 9.81. The normalized spacial score (nSPS) is 16.2. The van der Waals surface area contributed by atoms with E-state index >= 15 is 0 Å². The lowest BCUT2D eigenvalue weighted by molar-refractivity contribution is -0.445. The van der Waals surface area contributed by atoms with E-state index in [1.54, 1.807) is 0 Å². The molecule has 1 heterocycles. The fourth-order valence-electron chi connectivity index (χ4n) is 2.44. The summed E-state index contributed by atoms with van der Waals surface area (Å²) in [5.74, 6) is -1.02. The predicted molar refractivity (Wildman–Crippen MR) is 112 cm³/mol. The van der Waals surface area contributed by atoms with Gasteiger partial charge in [-0.05, 0) is 31.9 Å². The van der Waals surface area contributed by atoms with Crippen LogP contribution in [0.3, 0.4) is 0 Å². The second kappa shape index (κ2) is 11.4. The number of hydrogen-bond donors (Lipinski definition) is 2. The number of carboxylic acids is 1. The Kier molecular flexibility index (Phi) is 10.8. The zero-order chi connectivity index (χ0) is 18.9. The average molecular weight is 558 g/mol. The molecule has 0 saturated carbocycles. The Morgan fingerprint density at radius 1 is 1.17 bits per heavy atom. The molecule has 2 rings (SSSR count). The van der Waals surface area contributed by atoms with E-state index in [2.05, 4.69) is 42.5 Å². The van der Waals surface area contributed by atoms with Crippen LogP contribution in [0.2, 0.25) is 0 Å². The summed E-state index contributed by atoms with van der Waals surface area (Å²) >= 11 is 4.24. The minimum Gasteiger partial charge on any atom is -0.478 e. The van der Waals surface area contributed by atoms with Gasteiger partial charge in [-0.1, -0.05) is 30.3 Å². The zero-order valence-electron chi connectivity index (χ0n) is 13.8. The molecule has 0 radical (unpaired) electrons. The number of carbonyl (C=O) groups is 1. The summed E-state index contributed by atoms with van der Waals surface area (Å²) in [6.07, 6.45) is 0. The number of nitrogens with zero attached hydrogens (tertiary/aromatic N) is 1. The van der Waals surface area contributed by atoms with Crippen LogP contribution in [0, 0.1) is 10.1 Å². The molecule has 0 fully saturated rings. The van der Waals surface area contributed by atoms with Crippen molar-refractivity contribution in [3.05, 3.63) is 68.5 Å². The predicted octanol–water partition coefficient (Wildman–Crippen LogP) is 4.69. The van der Waals surface area contributed by atoms with E-state index in [-0.39, 0.29) is 5.92 Å². The molecule has 6 nitrogen and oxygen atoms in total. The van der Waals surface area contributed by atoms with E-state index in [0.29, 0.717) is 5.57 Å². The second-order valence-corrected chi connectivity index (χ2v) is 5.06. The van der Waals surface area contributed by atoms with Gasteiger partial charge in [0.25, 0.3) is 0 Å². The molecule has 0 aromatic heterocycles. The molecule has 1 atom stereocenters. The molecular weight excluding hydrogens is 538 g/mol. The lowest BCUT2D eigenvalue weighted by Crippen LogP contribution is -2.27. The maximum atomic E-state index is 11.5. The molecule has 132 valence electrons. The maximum absolute atomic E-state index is 11.5. The van der Waals surface area contributed by atoms with Crippen LogP contribution in [-0.4, -0.2) is 23.0 Å². The smallest absolute Gasteiger partial charge is 0.334 e. The summed E-state index contributed by atoms with van der Waals surface area (Å²) in [5, 5.41) is 21.4. The Bertz CT molecular complexity index is 639. The zero-order valence-corrected chi connectivity index (χ0v) is 18.2. The van der Waals surface area contributed by atoms with Crippen molar-refractivity contribution in [3.8, 4) is 0 Å². The van der Waals surface area contributed by atoms with Crippen LogP contribution in [0.5, 0.6) is 0 Å². The topological polar surface area (TPSA) is 92.5 Å². The van der Waals surface area contributed by atoms with Crippen molar-refractivity contribution in [2.45, 2.75) is 26.7 Å². The molecule has 0 amide bonds. The highest BCUT2D eigenvalue weighted by Crippen LogP contribution is 2.37. The highest BCUT2D eigenvalue weighted by atomic mass is 128. The molecule has 8 heteroatoms. The van der Waals surface area contributed by atoms with E-state index in [0.717, 1.165) is 29.6 Å². The molecule has 0 saturated heterocycles. The molecule has 1 aromatic carbocycles. The van der Waals surface area contributed by atoms with Crippen molar-refractivity contribution in [1.82, 2.24) is 5.32 Å². The van der Waals surface area contributed by atoms with Crippen LogP contribution in [-0.2, 0) is 4.79 Å². The Morgan fingerprint density at radius 3 is 2.04 bits per heavy atom. The van der Waals surface area contributed by atoms with Crippen molar-refractivity contribution < 1.29 is 14.8 Å².